The predicted molar refractivity (Wildman–Crippen MR) is 101 cm³/mol. The number of carbonyl (C=O) groups excluding carboxylic acids is 1. The zero-order chi connectivity index (χ0) is 19.6. The Balaban J connectivity index is 1.78. The Morgan fingerprint density at radius 3 is 2.78 bits per heavy atom. The fourth-order valence-corrected chi connectivity index (χ4v) is 4.49. The molecule has 27 heavy (non-hydrogen) atoms. The molecule has 2 aromatic heterocycles. The third-order valence-corrected chi connectivity index (χ3v) is 6.19. The van der Waals surface area contributed by atoms with Gasteiger partial charge in [0.2, 0.25) is 10.0 Å². The maximum Gasteiger partial charge on any atom is 0.274 e. The number of aromatic nitrogens is 3. The fraction of sp³-hybridized carbons (Fsp3) is 0.500. The number of nitrogens with zero attached hydrogens (tertiary/aromatic N) is 5. The van der Waals surface area contributed by atoms with Gasteiger partial charge in [0.1, 0.15) is 0 Å². The largest absolute Gasteiger partial charge is 0.336 e. The van der Waals surface area contributed by atoms with E-state index in [0.717, 1.165) is 24.1 Å². The van der Waals surface area contributed by atoms with Gasteiger partial charge in [-0.05, 0) is 37.5 Å². The summed E-state index contributed by atoms with van der Waals surface area (Å²) >= 11 is 0. The lowest BCUT2D eigenvalue weighted by Crippen LogP contribution is -2.51. The molecule has 0 N–H and O–H groups in total. The van der Waals surface area contributed by atoms with Crippen LogP contribution < -0.4 is 0 Å². The highest BCUT2D eigenvalue weighted by Gasteiger charge is 2.33. The van der Waals surface area contributed by atoms with Gasteiger partial charge in [-0.25, -0.2) is 8.42 Å². The maximum atomic E-state index is 12.8. The molecule has 3 heterocycles. The second kappa shape index (κ2) is 7.77. The van der Waals surface area contributed by atoms with Crippen LogP contribution in [0.15, 0.2) is 30.6 Å². The molecule has 0 spiro atoms. The Bertz CT molecular complexity index is 891. The molecule has 9 heteroatoms. The highest BCUT2D eigenvalue weighted by molar-refractivity contribution is 7.88. The zero-order valence-corrected chi connectivity index (χ0v) is 16.7. The first-order valence-electron chi connectivity index (χ1n) is 8.91. The lowest BCUT2D eigenvalue weighted by Gasteiger charge is -2.38. The average molecular weight is 391 g/mol. The lowest BCUT2D eigenvalue weighted by atomic mass is 10.0. The first kappa shape index (κ1) is 19.5. The van der Waals surface area contributed by atoms with Crippen molar-refractivity contribution in [2.24, 2.45) is 7.05 Å². The second-order valence-electron chi connectivity index (χ2n) is 7.01. The number of sulfonamides is 1. The minimum atomic E-state index is -3.43. The molecule has 2 aromatic rings. The van der Waals surface area contributed by atoms with Crippen molar-refractivity contribution in [1.29, 1.82) is 0 Å². The fourth-order valence-electron chi connectivity index (χ4n) is 3.39. The Morgan fingerprint density at radius 1 is 1.41 bits per heavy atom. The Morgan fingerprint density at radius 2 is 2.19 bits per heavy atom. The van der Waals surface area contributed by atoms with Gasteiger partial charge < -0.3 is 4.90 Å². The van der Waals surface area contributed by atoms with Gasteiger partial charge >= 0.3 is 0 Å². The molecule has 0 saturated carbocycles. The Kier molecular flexibility index (Phi) is 5.61. The molecule has 1 aliphatic rings. The molecule has 0 radical (unpaired) electrons. The molecule has 0 aromatic carbocycles. The van der Waals surface area contributed by atoms with E-state index in [2.05, 4.69) is 10.1 Å². The lowest BCUT2D eigenvalue weighted by molar-refractivity contribution is 0.0644. The van der Waals surface area contributed by atoms with Gasteiger partial charge in [-0.2, -0.15) is 9.40 Å². The normalized spacial score (nSPS) is 18.1. The van der Waals surface area contributed by atoms with E-state index in [9.17, 15) is 13.2 Å². The first-order valence-corrected chi connectivity index (χ1v) is 10.8. The van der Waals surface area contributed by atoms with Gasteiger partial charge in [0, 0.05) is 50.8 Å². The molecule has 1 atom stereocenters. The molecule has 8 nitrogen and oxygen atoms in total. The van der Waals surface area contributed by atoms with Crippen LogP contribution in [0.1, 0.15) is 34.6 Å². The molecule has 0 bridgehead atoms. The van der Waals surface area contributed by atoms with E-state index in [1.54, 1.807) is 41.2 Å². The summed E-state index contributed by atoms with van der Waals surface area (Å²) in [6.07, 6.45) is 6.01. The molecular weight excluding hydrogens is 366 g/mol. The van der Waals surface area contributed by atoms with Crippen LogP contribution in [-0.2, 0) is 23.6 Å². The van der Waals surface area contributed by atoms with E-state index < -0.39 is 10.0 Å². The summed E-state index contributed by atoms with van der Waals surface area (Å²) in [5, 5.41) is 4.26. The van der Waals surface area contributed by atoms with Crippen molar-refractivity contribution in [3.8, 4) is 0 Å². The van der Waals surface area contributed by atoms with E-state index >= 15 is 0 Å². The standard InChI is InChI=1S/C18H25N5O3S/c1-14-10-17(20-21(14)2)18(24)22-9-5-7-16(13-22)23(27(3,25)26)12-15-6-4-8-19-11-15/h4,6,8,10-11,16H,5,7,9,12-13H2,1-3H3. The summed E-state index contributed by atoms with van der Waals surface area (Å²) in [5.41, 5.74) is 2.13. The number of amides is 1. The molecule has 1 unspecified atom stereocenters. The van der Waals surface area contributed by atoms with Crippen molar-refractivity contribution >= 4 is 15.9 Å². The first-order chi connectivity index (χ1) is 12.8. The smallest absolute Gasteiger partial charge is 0.274 e. The van der Waals surface area contributed by atoms with Crippen LogP contribution >= 0.6 is 0 Å². The van der Waals surface area contributed by atoms with Gasteiger partial charge in [0.25, 0.3) is 5.91 Å². The van der Waals surface area contributed by atoms with Crippen LogP contribution in [0.4, 0.5) is 0 Å². The van der Waals surface area contributed by atoms with Crippen molar-refractivity contribution in [2.75, 3.05) is 19.3 Å². The molecule has 1 amide bonds. The average Bonchev–Trinajstić information content (AvgIpc) is 2.98. The highest BCUT2D eigenvalue weighted by Crippen LogP contribution is 2.22. The van der Waals surface area contributed by atoms with Crippen molar-refractivity contribution in [3.63, 3.8) is 0 Å². The van der Waals surface area contributed by atoms with Gasteiger partial charge in [-0.3, -0.25) is 14.5 Å². The van der Waals surface area contributed by atoms with Crippen LogP contribution in [0, 0.1) is 6.92 Å². The summed E-state index contributed by atoms with van der Waals surface area (Å²) in [7, 11) is -1.64. The minimum absolute atomic E-state index is 0.154. The number of hydrogen-bond donors (Lipinski definition) is 0. The second-order valence-corrected chi connectivity index (χ2v) is 8.95. The monoisotopic (exact) mass is 391 g/mol. The van der Waals surface area contributed by atoms with Crippen LogP contribution in [0.3, 0.4) is 0 Å². The number of likely N-dealkylation sites (tertiary alicyclic amines) is 1. The SMILES string of the molecule is Cc1cc(C(=O)N2CCCC(N(Cc3cccnc3)S(C)(=O)=O)C2)nn1C. The molecule has 1 aliphatic heterocycles. The van der Waals surface area contributed by atoms with E-state index in [4.69, 9.17) is 0 Å². The number of piperidine rings is 1. The van der Waals surface area contributed by atoms with Crippen LogP contribution in [0.25, 0.3) is 0 Å². The van der Waals surface area contributed by atoms with Crippen molar-refractivity contribution < 1.29 is 13.2 Å². The molecule has 1 saturated heterocycles. The third kappa shape index (κ3) is 4.54. The number of hydrogen-bond acceptors (Lipinski definition) is 5. The van der Waals surface area contributed by atoms with Gasteiger partial charge in [0.05, 0.1) is 6.26 Å². The number of aryl methyl sites for hydroxylation is 2. The van der Waals surface area contributed by atoms with Crippen molar-refractivity contribution in [2.45, 2.75) is 32.4 Å². The number of carbonyl (C=O) groups is 1. The molecular formula is C18H25N5O3S. The summed E-state index contributed by atoms with van der Waals surface area (Å²) in [5.74, 6) is -0.154. The zero-order valence-electron chi connectivity index (χ0n) is 15.9. The summed E-state index contributed by atoms with van der Waals surface area (Å²) in [6.45, 7) is 3.11. The van der Waals surface area contributed by atoms with E-state index in [1.807, 2.05) is 13.0 Å². The van der Waals surface area contributed by atoms with Gasteiger partial charge in [-0.1, -0.05) is 6.07 Å². The van der Waals surface area contributed by atoms with Crippen molar-refractivity contribution in [3.05, 3.63) is 47.5 Å². The van der Waals surface area contributed by atoms with Crippen molar-refractivity contribution in [1.82, 2.24) is 24.0 Å². The molecule has 0 aliphatic carbocycles. The minimum Gasteiger partial charge on any atom is -0.336 e. The van der Waals surface area contributed by atoms with Gasteiger partial charge in [0.15, 0.2) is 5.69 Å². The summed E-state index contributed by atoms with van der Waals surface area (Å²) in [4.78, 5) is 18.6. The quantitative estimate of drug-likeness (QED) is 0.764. The summed E-state index contributed by atoms with van der Waals surface area (Å²) in [6, 6.07) is 5.14. The Labute approximate surface area is 159 Å². The molecule has 1 fully saturated rings. The highest BCUT2D eigenvalue weighted by atomic mass is 32.2. The van der Waals surface area contributed by atoms with E-state index in [0.29, 0.717) is 18.8 Å². The third-order valence-electron chi connectivity index (χ3n) is 4.91. The topological polar surface area (TPSA) is 88.4 Å². The van der Waals surface area contributed by atoms with Crippen LogP contribution in [-0.4, -0.2) is 63.7 Å². The number of pyridine rings is 1. The Hall–Kier alpha value is -2.26. The maximum absolute atomic E-state index is 12.8. The van der Waals surface area contributed by atoms with Crippen LogP contribution in [0.2, 0.25) is 0 Å². The summed E-state index contributed by atoms with van der Waals surface area (Å²) < 4.78 is 28.0. The number of rotatable bonds is 5. The predicted octanol–water partition coefficient (Wildman–Crippen LogP) is 1.19. The molecule has 146 valence electrons. The van der Waals surface area contributed by atoms with E-state index in [1.165, 1.54) is 10.6 Å². The van der Waals surface area contributed by atoms with Gasteiger partial charge in [-0.15, -0.1) is 0 Å². The van der Waals surface area contributed by atoms with Crippen LogP contribution in [0.5, 0.6) is 0 Å². The molecule has 3 rings (SSSR count). The van der Waals surface area contributed by atoms with E-state index in [-0.39, 0.29) is 18.5 Å².